The number of nitrogens with zero attached hydrogens (tertiary/aromatic N) is 4. The molecule has 114 valence electrons. The van der Waals surface area contributed by atoms with E-state index in [1.54, 1.807) is 12.4 Å². The summed E-state index contributed by atoms with van der Waals surface area (Å²) >= 11 is 0. The molecule has 0 aliphatic rings. The van der Waals surface area contributed by atoms with E-state index < -0.39 is 0 Å². The Morgan fingerprint density at radius 1 is 1.09 bits per heavy atom. The van der Waals surface area contributed by atoms with E-state index in [4.69, 9.17) is 0 Å². The van der Waals surface area contributed by atoms with Crippen molar-refractivity contribution in [3.8, 4) is 5.69 Å². The van der Waals surface area contributed by atoms with Crippen molar-refractivity contribution in [3.63, 3.8) is 0 Å². The van der Waals surface area contributed by atoms with Gasteiger partial charge < -0.3 is 0 Å². The molecule has 0 spiro atoms. The summed E-state index contributed by atoms with van der Waals surface area (Å²) in [6.45, 7) is 8.85. The van der Waals surface area contributed by atoms with E-state index in [0.717, 1.165) is 28.8 Å². The molecule has 0 saturated heterocycles. The van der Waals surface area contributed by atoms with Crippen molar-refractivity contribution in [1.29, 1.82) is 0 Å². The fourth-order valence-electron chi connectivity index (χ4n) is 2.70. The van der Waals surface area contributed by atoms with Crippen LogP contribution in [-0.4, -0.2) is 19.5 Å². The van der Waals surface area contributed by atoms with Crippen molar-refractivity contribution in [2.75, 3.05) is 0 Å². The Hall–Kier alpha value is -2.23. The van der Waals surface area contributed by atoms with E-state index in [-0.39, 0.29) is 0 Å². The van der Waals surface area contributed by atoms with Crippen LogP contribution in [0.15, 0.2) is 37.1 Å². The Labute approximate surface area is 131 Å². The zero-order valence-electron chi connectivity index (χ0n) is 13.6. The van der Waals surface area contributed by atoms with Crippen molar-refractivity contribution < 1.29 is 0 Å². The fourth-order valence-corrected chi connectivity index (χ4v) is 2.70. The Kier molecular flexibility index (Phi) is 3.92. The Morgan fingerprint density at radius 2 is 1.91 bits per heavy atom. The van der Waals surface area contributed by atoms with Crippen LogP contribution in [0, 0.1) is 5.92 Å². The second kappa shape index (κ2) is 5.87. The molecule has 0 atom stereocenters. The molecule has 0 aliphatic heterocycles. The first-order valence-electron chi connectivity index (χ1n) is 7.82. The predicted molar refractivity (Wildman–Crippen MR) is 89.3 cm³/mol. The molecule has 0 amide bonds. The van der Waals surface area contributed by atoms with Crippen LogP contribution in [-0.2, 0) is 6.42 Å². The van der Waals surface area contributed by atoms with Gasteiger partial charge in [-0.15, -0.1) is 0 Å². The standard InChI is InChI=1S/C18H22N4/c1-12(2)7-14-8-15(13(3)4)20-10-18(14)22-11-21-16-9-19-6-5-17(16)22/h5-6,8-13H,7H2,1-4H3. The van der Waals surface area contributed by atoms with Crippen LogP contribution in [0.25, 0.3) is 16.7 Å². The lowest BCUT2D eigenvalue weighted by Crippen LogP contribution is -2.06. The summed E-state index contributed by atoms with van der Waals surface area (Å²) in [5, 5.41) is 0. The monoisotopic (exact) mass is 294 g/mol. The van der Waals surface area contributed by atoms with Crippen molar-refractivity contribution >= 4 is 11.0 Å². The van der Waals surface area contributed by atoms with Gasteiger partial charge in [0.15, 0.2) is 0 Å². The molecular weight excluding hydrogens is 272 g/mol. The fraction of sp³-hybridized carbons (Fsp3) is 0.389. The number of aromatic nitrogens is 4. The predicted octanol–water partition coefficient (Wildman–Crippen LogP) is 4.14. The molecule has 3 aromatic heterocycles. The highest BCUT2D eigenvalue weighted by atomic mass is 15.1. The number of pyridine rings is 2. The zero-order valence-corrected chi connectivity index (χ0v) is 13.6. The summed E-state index contributed by atoms with van der Waals surface area (Å²) < 4.78 is 2.12. The summed E-state index contributed by atoms with van der Waals surface area (Å²) in [5.41, 5.74) is 5.56. The number of rotatable bonds is 4. The minimum absolute atomic E-state index is 0.434. The molecule has 3 rings (SSSR count). The van der Waals surface area contributed by atoms with Gasteiger partial charge in [0.1, 0.15) is 11.8 Å². The lowest BCUT2D eigenvalue weighted by Gasteiger charge is -2.15. The molecule has 0 radical (unpaired) electrons. The molecular formula is C18H22N4. The van der Waals surface area contributed by atoms with Gasteiger partial charge in [-0.3, -0.25) is 14.5 Å². The molecule has 0 bridgehead atoms. The lowest BCUT2D eigenvalue weighted by atomic mass is 9.99. The van der Waals surface area contributed by atoms with Crippen LogP contribution in [0.5, 0.6) is 0 Å². The maximum Gasteiger partial charge on any atom is 0.107 e. The second-order valence-corrected chi connectivity index (χ2v) is 6.47. The van der Waals surface area contributed by atoms with Crippen molar-refractivity contribution in [1.82, 2.24) is 19.5 Å². The highest BCUT2D eigenvalue weighted by Gasteiger charge is 2.13. The Bertz CT molecular complexity index is 787. The van der Waals surface area contributed by atoms with Crippen LogP contribution in [0.4, 0.5) is 0 Å². The molecule has 3 aromatic rings. The first-order chi connectivity index (χ1) is 10.6. The first kappa shape index (κ1) is 14.7. The summed E-state index contributed by atoms with van der Waals surface area (Å²) in [6, 6.07) is 4.24. The zero-order chi connectivity index (χ0) is 15.7. The summed E-state index contributed by atoms with van der Waals surface area (Å²) in [4.78, 5) is 13.2. The number of imidazole rings is 1. The van der Waals surface area contributed by atoms with E-state index in [2.05, 4.69) is 53.3 Å². The molecule has 0 aliphatic carbocycles. The van der Waals surface area contributed by atoms with E-state index in [1.807, 2.05) is 18.6 Å². The summed E-state index contributed by atoms with van der Waals surface area (Å²) in [5.74, 6) is 1.03. The third-order valence-corrected chi connectivity index (χ3v) is 3.82. The number of hydrogen-bond donors (Lipinski definition) is 0. The highest BCUT2D eigenvalue weighted by molar-refractivity contribution is 5.76. The largest absolute Gasteiger partial charge is 0.297 e. The highest BCUT2D eigenvalue weighted by Crippen LogP contribution is 2.24. The van der Waals surface area contributed by atoms with Crippen LogP contribution < -0.4 is 0 Å². The minimum Gasteiger partial charge on any atom is -0.297 e. The topological polar surface area (TPSA) is 43.6 Å². The van der Waals surface area contributed by atoms with Crippen LogP contribution in [0.3, 0.4) is 0 Å². The van der Waals surface area contributed by atoms with E-state index in [0.29, 0.717) is 11.8 Å². The molecule has 0 N–H and O–H groups in total. The Balaban J connectivity index is 2.16. The van der Waals surface area contributed by atoms with E-state index in [1.165, 1.54) is 5.56 Å². The minimum atomic E-state index is 0.434. The molecule has 0 fully saturated rings. The van der Waals surface area contributed by atoms with Crippen molar-refractivity contribution in [2.45, 2.75) is 40.0 Å². The summed E-state index contributed by atoms with van der Waals surface area (Å²) in [6.07, 6.45) is 8.47. The molecule has 3 heterocycles. The molecule has 4 heteroatoms. The van der Waals surface area contributed by atoms with Gasteiger partial charge in [0.2, 0.25) is 0 Å². The quantitative estimate of drug-likeness (QED) is 0.726. The average molecular weight is 294 g/mol. The van der Waals surface area contributed by atoms with Crippen LogP contribution in [0.1, 0.15) is 44.9 Å². The molecule has 4 nitrogen and oxygen atoms in total. The molecule has 0 aromatic carbocycles. The molecule has 22 heavy (non-hydrogen) atoms. The van der Waals surface area contributed by atoms with Gasteiger partial charge in [0.25, 0.3) is 0 Å². The van der Waals surface area contributed by atoms with Gasteiger partial charge in [-0.1, -0.05) is 27.7 Å². The first-order valence-corrected chi connectivity index (χ1v) is 7.82. The van der Waals surface area contributed by atoms with Gasteiger partial charge in [-0.25, -0.2) is 4.98 Å². The van der Waals surface area contributed by atoms with Crippen LogP contribution in [0.2, 0.25) is 0 Å². The van der Waals surface area contributed by atoms with E-state index in [9.17, 15) is 0 Å². The lowest BCUT2D eigenvalue weighted by molar-refractivity contribution is 0.642. The van der Waals surface area contributed by atoms with Gasteiger partial charge >= 0.3 is 0 Å². The summed E-state index contributed by atoms with van der Waals surface area (Å²) in [7, 11) is 0. The third-order valence-electron chi connectivity index (χ3n) is 3.82. The molecule has 0 unspecified atom stereocenters. The van der Waals surface area contributed by atoms with Crippen LogP contribution >= 0.6 is 0 Å². The van der Waals surface area contributed by atoms with Gasteiger partial charge in [-0.05, 0) is 36.0 Å². The average Bonchev–Trinajstić information content (AvgIpc) is 2.90. The third kappa shape index (κ3) is 2.73. The maximum atomic E-state index is 4.64. The maximum absolute atomic E-state index is 4.64. The smallest absolute Gasteiger partial charge is 0.107 e. The van der Waals surface area contributed by atoms with Crippen molar-refractivity contribution in [2.24, 2.45) is 5.92 Å². The van der Waals surface area contributed by atoms with Crippen molar-refractivity contribution in [3.05, 3.63) is 48.3 Å². The second-order valence-electron chi connectivity index (χ2n) is 6.47. The van der Waals surface area contributed by atoms with Gasteiger partial charge in [0.05, 0.1) is 23.6 Å². The Morgan fingerprint density at radius 3 is 2.64 bits per heavy atom. The van der Waals surface area contributed by atoms with Gasteiger partial charge in [-0.2, -0.15) is 0 Å². The van der Waals surface area contributed by atoms with E-state index >= 15 is 0 Å². The SMILES string of the molecule is CC(C)Cc1cc(C(C)C)ncc1-n1cnc2cnccc21. The number of fused-ring (bicyclic) bond motifs is 1. The molecule has 0 saturated carbocycles. The normalized spacial score (nSPS) is 11.7. The van der Waals surface area contributed by atoms with Gasteiger partial charge in [0, 0.05) is 11.9 Å². The number of hydrogen-bond acceptors (Lipinski definition) is 3.